The highest BCUT2D eigenvalue weighted by Gasteiger charge is 2.30. The molecule has 0 fully saturated rings. The number of fused-ring (bicyclic) bond motifs is 1. The maximum absolute atomic E-state index is 12.9. The normalized spacial score (nSPS) is 14.1. The lowest BCUT2D eigenvalue weighted by atomic mass is 9.81. The summed E-state index contributed by atoms with van der Waals surface area (Å²) in [5.74, 6) is -1.16. The SMILES string of the molecule is CCCC.O=C(O)CNC(=O)CC1CCc2cc(-c3ccc(NC(=O)Nc4cccc(C(F)(F)F)c4)cc3)ccc2C1. The zero-order chi connectivity index (χ0) is 30.7. The molecule has 0 spiro atoms. The molecule has 0 aliphatic heterocycles. The van der Waals surface area contributed by atoms with Crippen molar-refractivity contribution in [3.8, 4) is 11.1 Å². The van der Waals surface area contributed by atoms with Gasteiger partial charge < -0.3 is 21.1 Å². The van der Waals surface area contributed by atoms with E-state index in [1.807, 2.05) is 24.3 Å². The number of carbonyl (C=O) groups is 3. The molecule has 0 aromatic heterocycles. The van der Waals surface area contributed by atoms with Gasteiger partial charge in [-0.3, -0.25) is 9.59 Å². The Morgan fingerprint density at radius 1 is 0.857 bits per heavy atom. The average Bonchev–Trinajstić information content (AvgIpc) is 2.96. The van der Waals surface area contributed by atoms with Crippen LogP contribution in [0.5, 0.6) is 0 Å². The quantitative estimate of drug-likeness (QED) is 0.220. The summed E-state index contributed by atoms with van der Waals surface area (Å²) < 4.78 is 38.6. The van der Waals surface area contributed by atoms with Gasteiger partial charge in [0.05, 0.1) is 5.56 Å². The van der Waals surface area contributed by atoms with Gasteiger partial charge in [0, 0.05) is 17.8 Å². The second-order valence-corrected chi connectivity index (χ2v) is 10.2. The lowest BCUT2D eigenvalue weighted by molar-refractivity contribution is -0.138. The first kappa shape index (κ1) is 32.2. The standard InChI is InChI=1S/C28H26F3N3O4.C4H10/c29-28(30,31)22-2-1-3-24(15-22)34-27(38)33-23-10-8-18(9-11-23)20-7-6-19-12-17(4-5-21(19)14-20)13-25(35)32-16-26(36)37;1-3-4-2/h1-3,6-11,14-15,17H,4-5,12-13,16H2,(H,32,35)(H,36,37)(H2,33,34,38);3-4H2,1-2H3. The third-order valence-corrected chi connectivity index (χ3v) is 6.87. The van der Waals surface area contributed by atoms with Gasteiger partial charge in [0.15, 0.2) is 0 Å². The van der Waals surface area contributed by atoms with Gasteiger partial charge in [0.1, 0.15) is 6.54 Å². The molecule has 3 aromatic carbocycles. The first-order valence-corrected chi connectivity index (χ1v) is 13.9. The first-order valence-electron chi connectivity index (χ1n) is 13.9. The predicted molar refractivity (Wildman–Crippen MR) is 157 cm³/mol. The van der Waals surface area contributed by atoms with E-state index in [1.165, 1.54) is 36.1 Å². The van der Waals surface area contributed by atoms with E-state index in [-0.39, 0.29) is 24.1 Å². The molecule has 0 radical (unpaired) electrons. The van der Waals surface area contributed by atoms with Crippen LogP contribution in [0, 0.1) is 5.92 Å². The van der Waals surface area contributed by atoms with Crippen LogP contribution in [-0.4, -0.2) is 29.6 Å². The Kier molecular flexibility index (Phi) is 11.5. The van der Waals surface area contributed by atoms with Crippen LogP contribution in [0.4, 0.5) is 29.3 Å². The fourth-order valence-corrected chi connectivity index (χ4v) is 4.51. The Balaban J connectivity index is 0.00000114. The molecular weight excluding hydrogens is 547 g/mol. The van der Waals surface area contributed by atoms with Crippen molar-refractivity contribution in [3.05, 3.63) is 83.4 Å². The van der Waals surface area contributed by atoms with Gasteiger partial charge in [-0.25, -0.2) is 4.79 Å². The number of benzene rings is 3. The number of hydrogen-bond acceptors (Lipinski definition) is 3. The van der Waals surface area contributed by atoms with Gasteiger partial charge in [-0.05, 0) is 77.8 Å². The van der Waals surface area contributed by atoms with Crippen molar-refractivity contribution in [2.45, 2.75) is 58.5 Å². The van der Waals surface area contributed by atoms with Crippen molar-refractivity contribution in [3.63, 3.8) is 0 Å². The van der Waals surface area contributed by atoms with Crippen molar-refractivity contribution < 1.29 is 32.7 Å². The fourth-order valence-electron chi connectivity index (χ4n) is 4.51. The largest absolute Gasteiger partial charge is 0.480 e. The van der Waals surface area contributed by atoms with E-state index >= 15 is 0 Å². The monoisotopic (exact) mass is 583 g/mol. The molecule has 0 heterocycles. The van der Waals surface area contributed by atoms with Crippen LogP contribution in [-0.2, 0) is 28.6 Å². The number of urea groups is 1. The number of aryl methyl sites for hydroxylation is 1. The fraction of sp³-hybridized carbons (Fsp3) is 0.344. The van der Waals surface area contributed by atoms with Crippen LogP contribution in [0.1, 0.15) is 56.2 Å². The van der Waals surface area contributed by atoms with Gasteiger partial charge in [-0.2, -0.15) is 13.2 Å². The molecule has 1 atom stereocenters. The summed E-state index contributed by atoms with van der Waals surface area (Å²) >= 11 is 0. The molecule has 3 amide bonds. The van der Waals surface area contributed by atoms with Crippen LogP contribution >= 0.6 is 0 Å². The minimum absolute atomic E-state index is 0.0335. The number of aliphatic carboxylic acids is 1. The number of halogens is 3. The molecule has 10 heteroatoms. The number of alkyl halides is 3. The molecule has 0 saturated heterocycles. The van der Waals surface area contributed by atoms with Gasteiger partial charge in [0.2, 0.25) is 5.91 Å². The van der Waals surface area contributed by atoms with Gasteiger partial charge in [-0.1, -0.05) is 63.1 Å². The molecule has 4 rings (SSSR count). The number of unbranched alkanes of at least 4 members (excludes halogenated alkanes) is 1. The Bertz CT molecular complexity index is 1370. The Labute approximate surface area is 243 Å². The van der Waals surface area contributed by atoms with Crippen molar-refractivity contribution in [1.82, 2.24) is 5.32 Å². The molecule has 3 aromatic rings. The third kappa shape index (κ3) is 9.94. The molecule has 42 heavy (non-hydrogen) atoms. The second kappa shape index (κ2) is 15.0. The summed E-state index contributed by atoms with van der Waals surface area (Å²) in [6, 6.07) is 17.0. The molecule has 0 bridgehead atoms. The van der Waals surface area contributed by atoms with E-state index in [1.54, 1.807) is 12.1 Å². The number of carbonyl (C=O) groups excluding carboxylic acids is 2. The first-order chi connectivity index (χ1) is 20.0. The number of anilines is 2. The lowest BCUT2D eigenvalue weighted by Crippen LogP contribution is -2.31. The highest BCUT2D eigenvalue weighted by Crippen LogP contribution is 2.32. The Hall–Kier alpha value is -4.34. The van der Waals surface area contributed by atoms with Crippen molar-refractivity contribution in [1.29, 1.82) is 0 Å². The zero-order valence-electron chi connectivity index (χ0n) is 23.7. The number of carboxylic acid groups (broad SMARTS) is 1. The average molecular weight is 584 g/mol. The van der Waals surface area contributed by atoms with Crippen molar-refractivity contribution in [2.24, 2.45) is 5.92 Å². The number of amides is 3. The lowest BCUT2D eigenvalue weighted by Gasteiger charge is -2.24. The summed E-state index contributed by atoms with van der Waals surface area (Å²) in [6.45, 7) is 3.99. The molecule has 0 saturated carbocycles. The van der Waals surface area contributed by atoms with Gasteiger partial charge >= 0.3 is 18.2 Å². The van der Waals surface area contributed by atoms with Crippen molar-refractivity contribution >= 4 is 29.3 Å². The predicted octanol–water partition coefficient (Wildman–Crippen LogP) is 7.52. The van der Waals surface area contributed by atoms with Crippen molar-refractivity contribution in [2.75, 3.05) is 17.2 Å². The molecular formula is C32H36F3N3O4. The molecule has 1 unspecified atom stereocenters. The van der Waals surface area contributed by atoms with Gasteiger partial charge in [-0.15, -0.1) is 0 Å². The molecule has 1 aliphatic rings. The van der Waals surface area contributed by atoms with E-state index in [0.717, 1.165) is 42.5 Å². The topological polar surface area (TPSA) is 108 Å². The number of hydrogen-bond donors (Lipinski definition) is 4. The van der Waals surface area contributed by atoms with Crippen LogP contribution in [0.2, 0.25) is 0 Å². The molecule has 7 nitrogen and oxygen atoms in total. The van der Waals surface area contributed by atoms with Crippen LogP contribution in [0.15, 0.2) is 66.7 Å². The Morgan fingerprint density at radius 2 is 1.52 bits per heavy atom. The number of carboxylic acids is 1. The minimum atomic E-state index is -4.50. The van der Waals surface area contributed by atoms with Gasteiger partial charge in [0.25, 0.3) is 0 Å². The molecule has 224 valence electrons. The Morgan fingerprint density at radius 3 is 2.17 bits per heavy atom. The second-order valence-electron chi connectivity index (χ2n) is 10.2. The number of rotatable bonds is 8. The van der Waals surface area contributed by atoms with E-state index in [4.69, 9.17) is 5.11 Å². The summed E-state index contributed by atoms with van der Waals surface area (Å²) in [6.07, 6.45) is 0.836. The summed E-state index contributed by atoms with van der Waals surface area (Å²) in [5, 5.41) is 16.1. The smallest absolute Gasteiger partial charge is 0.416 e. The molecule has 1 aliphatic carbocycles. The van der Waals surface area contributed by atoms with E-state index in [9.17, 15) is 27.6 Å². The van der Waals surface area contributed by atoms with Crippen LogP contribution in [0.3, 0.4) is 0 Å². The van der Waals surface area contributed by atoms with E-state index < -0.39 is 23.7 Å². The van der Waals surface area contributed by atoms with E-state index in [2.05, 4.69) is 35.9 Å². The van der Waals surface area contributed by atoms with E-state index in [0.29, 0.717) is 12.1 Å². The maximum Gasteiger partial charge on any atom is 0.416 e. The summed E-state index contributed by atoms with van der Waals surface area (Å²) in [5.41, 5.74) is 3.98. The third-order valence-electron chi connectivity index (χ3n) is 6.87. The zero-order valence-corrected chi connectivity index (χ0v) is 23.7. The highest BCUT2D eigenvalue weighted by atomic mass is 19.4. The minimum Gasteiger partial charge on any atom is -0.480 e. The highest BCUT2D eigenvalue weighted by molar-refractivity contribution is 5.99. The van der Waals surface area contributed by atoms with Crippen LogP contribution < -0.4 is 16.0 Å². The summed E-state index contributed by atoms with van der Waals surface area (Å²) in [7, 11) is 0. The maximum atomic E-state index is 12.9. The number of nitrogens with one attached hydrogen (secondary N) is 3. The summed E-state index contributed by atoms with van der Waals surface area (Å²) in [4.78, 5) is 34.8. The molecule has 4 N–H and O–H groups in total. The van der Waals surface area contributed by atoms with Crippen LogP contribution in [0.25, 0.3) is 11.1 Å².